The standard InChI is InChI=1S/C20H21F6N6O2P/c1-9-7-32(4-3-27-9)12-6-10(20(24,25)26)5-11(30-12)14-13-15(19(23,35)18(2,21)22)34-17(33)31-16(13)29-8-28-14/h5-6,8-9,15,27H,3-4,7,35H2,1-2H3,(H,28,29,31,33)/t9-,15?,19?/m0/s1. The van der Waals surface area contributed by atoms with Crippen LogP contribution in [0.2, 0.25) is 0 Å². The molecule has 15 heteroatoms. The Bertz CT molecular complexity index is 1140. The lowest BCUT2D eigenvalue weighted by atomic mass is 9.96. The molecule has 2 aliphatic rings. The topological polar surface area (TPSA) is 92.3 Å². The first kappa shape index (κ1) is 25.4. The minimum absolute atomic E-state index is 0.0222. The molecule has 1 fully saturated rings. The number of carbonyl (C=O) groups is 1. The van der Waals surface area contributed by atoms with Gasteiger partial charge in [0.25, 0.3) is 5.92 Å². The van der Waals surface area contributed by atoms with Gasteiger partial charge in [-0.15, -0.1) is 0 Å². The second kappa shape index (κ2) is 8.74. The van der Waals surface area contributed by atoms with Crippen molar-refractivity contribution in [1.82, 2.24) is 20.3 Å². The summed E-state index contributed by atoms with van der Waals surface area (Å²) in [6.07, 6.45) is -7.39. The molecule has 0 bridgehead atoms. The van der Waals surface area contributed by atoms with Crippen LogP contribution in [0.4, 0.5) is 42.8 Å². The van der Waals surface area contributed by atoms with E-state index >= 15 is 4.39 Å². The number of rotatable bonds is 4. The summed E-state index contributed by atoms with van der Waals surface area (Å²) in [7, 11) is 1.32. The Balaban J connectivity index is 1.92. The summed E-state index contributed by atoms with van der Waals surface area (Å²) in [5.41, 5.74) is -2.28. The number of pyridine rings is 1. The Hall–Kier alpha value is -2.73. The fourth-order valence-corrected chi connectivity index (χ4v) is 4.10. The van der Waals surface area contributed by atoms with Gasteiger partial charge in [0.15, 0.2) is 6.10 Å². The number of alkyl halides is 6. The van der Waals surface area contributed by atoms with Gasteiger partial charge < -0.3 is 15.0 Å². The predicted octanol–water partition coefficient (Wildman–Crippen LogP) is 4.15. The number of amides is 1. The Morgan fingerprint density at radius 2 is 1.89 bits per heavy atom. The zero-order valence-corrected chi connectivity index (χ0v) is 19.6. The summed E-state index contributed by atoms with van der Waals surface area (Å²) in [4.78, 5) is 25.6. The molecule has 8 nitrogen and oxygen atoms in total. The highest BCUT2D eigenvalue weighted by atomic mass is 31.0. The average molecular weight is 522 g/mol. The van der Waals surface area contributed by atoms with Gasteiger partial charge in [0.05, 0.1) is 16.8 Å². The minimum Gasteiger partial charge on any atom is -0.437 e. The summed E-state index contributed by atoms with van der Waals surface area (Å²) in [6, 6.07) is 1.53. The molecule has 4 atom stereocenters. The Morgan fingerprint density at radius 3 is 2.51 bits per heavy atom. The molecule has 2 aromatic rings. The van der Waals surface area contributed by atoms with E-state index in [9.17, 15) is 26.7 Å². The van der Waals surface area contributed by atoms with Gasteiger partial charge in [-0.1, -0.05) is 9.24 Å². The zero-order chi connectivity index (χ0) is 25.8. The number of ether oxygens (including phenoxy) is 1. The van der Waals surface area contributed by atoms with Gasteiger partial charge in [0, 0.05) is 32.6 Å². The Labute approximate surface area is 198 Å². The van der Waals surface area contributed by atoms with Crippen LogP contribution in [0.15, 0.2) is 18.5 Å². The third-order valence-electron chi connectivity index (χ3n) is 5.72. The molecule has 0 aromatic carbocycles. The van der Waals surface area contributed by atoms with Crippen molar-refractivity contribution < 1.29 is 35.9 Å². The van der Waals surface area contributed by atoms with Gasteiger partial charge in [-0.3, -0.25) is 5.32 Å². The molecule has 35 heavy (non-hydrogen) atoms. The maximum absolute atomic E-state index is 15.3. The predicted molar refractivity (Wildman–Crippen MR) is 117 cm³/mol. The highest BCUT2D eigenvalue weighted by Gasteiger charge is 2.58. The molecule has 0 saturated carbocycles. The number of fused-ring (bicyclic) bond motifs is 1. The quantitative estimate of drug-likeness (QED) is 0.461. The molecule has 0 aliphatic carbocycles. The molecule has 3 unspecified atom stereocenters. The second-order valence-electron chi connectivity index (χ2n) is 8.45. The van der Waals surface area contributed by atoms with Crippen LogP contribution in [0.1, 0.15) is 31.1 Å². The van der Waals surface area contributed by atoms with E-state index < -0.39 is 40.8 Å². The van der Waals surface area contributed by atoms with E-state index in [1.54, 1.807) is 4.90 Å². The summed E-state index contributed by atoms with van der Waals surface area (Å²) in [5.74, 6) is -4.43. The van der Waals surface area contributed by atoms with Crippen molar-refractivity contribution in [3.63, 3.8) is 0 Å². The van der Waals surface area contributed by atoms with Crippen LogP contribution in [0, 0.1) is 0 Å². The maximum atomic E-state index is 15.3. The van der Waals surface area contributed by atoms with Crippen LogP contribution < -0.4 is 15.5 Å². The smallest absolute Gasteiger partial charge is 0.416 e. The van der Waals surface area contributed by atoms with Gasteiger partial charge in [-0.25, -0.2) is 32.9 Å². The van der Waals surface area contributed by atoms with Crippen molar-refractivity contribution >= 4 is 27.0 Å². The molecule has 190 valence electrons. The van der Waals surface area contributed by atoms with Gasteiger partial charge in [0.2, 0.25) is 5.41 Å². The molecule has 2 aliphatic heterocycles. The van der Waals surface area contributed by atoms with Crippen LogP contribution in [0.25, 0.3) is 11.4 Å². The van der Waals surface area contributed by atoms with Crippen LogP contribution in [0.5, 0.6) is 0 Å². The van der Waals surface area contributed by atoms with Gasteiger partial charge in [-0.05, 0) is 19.1 Å². The molecule has 0 radical (unpaired) electrons. The van der Waals surface area contributed by atoms with E-state index in [0.717, 1.165) is 12.4 Å². The normalized spacial score (nSPS) is 22.7. The minimum atomic E-state index is -4.77. The first-order valence-corrected chi connectivity index (χ1v) is 11.0. The monoisotopic (exact) mass is 522 g/mol. The number of aromatic nitrogens is 3. The van der Waals surface area contributed by atoms with Crippen molar-refractivity contribution in [2.75, 3.05) is 29.9 Å². The molecule has 4 rings (SSSR count). The van der Waals surface area contributed by atoms with E-state index in [2.05, 4.69) is 25.6 Å². The number of nitrogens with one attached hydrogen (secondary N) is 2. The van der Waals surface area contributed by atoms with Crippen LogP contribution in [-0.2, 0) is 10.9 Å². The number of hydrogen-bond donors (Lipinski definition) is 2. The maximum Gasteiger partial charge on any atom is 0.416 e. The average Bonchev–Trinajstić information content (AvgIpc) is 2.76. The van der Waals surface area contributed by atoms with Gasteiger partial charge in [-0.2, -0.15) is 13.2 Å². The number of nitrogens with zero attached hydrogens (tertiary/aromatic N) is 4. The molecule has 1 amide bonds. The lowest BCUT2D eigenvalue weighted by Gasteiger charge is -2.37. The van der Waals surface area contributed by atoms with Crippen molar-refractivity contribution in [3.8, 4) is 11.4 Å². The van der Waals surface area contributed by atoms with E-state index in [-0.39, 0.29) is 36.0 Å². The number of halogens is 6. The van der Waals surface area contributed by atoms with E-state index in [1.807, 2.05) is 6.92 Å². The largest absolute Gasteiger partial charge is 0.437 e. The molecule has 2 N–H and O–H groups in total. The van der Waals surface area contributed by atoms with Crippen LogP contribution in [0.3, 0.4) is 0 Å². The third-order valence-corrected chi connectivity index (χ3v) is 6.53. The van der Waals surface area contributed by atoms with Crippen molar-refractivity contribution in [2.24, 2.45) is 0 Å². The summed E-state index contributed by atoms with van der Waals surface area (Å²) < 4.78 is 89.9. The number of piperazine rings is 1. The zero-order valence-electron chi connectivity index (χ0n) is 18.5. The highest BCUT2D eigenvalue weighted by molar-refractivity contribution is 7.18. The SMILES string of the molecule is C[C@H]1CN(c2cc(C(F)(F)F)cc(-c3ncnc4c3C(C(F)(P)C(C)(F)F)OC(=O)N4)n2)CCN1. The fourth-order valence-electron chi connectivity index (χ4n) is 3.87. The van der Waals surface area contributed by atoms with Crippen molar-refractivity contribution in [3.05, 3.63) is 29.6 Å². The molecule has 4 heterocycles. The Morgan fingerprint density at radius 1 is 1.17 bits per heavy atom. The number of hydrogen-bond acceptors (Lipinski definition) is 7. The van der Waals surface area contributed by atoms with Crippen LogP contribution in [-0.4, -0.2) is 58.1 Å². The summed E-state index contributed by atoms with van der Waals surface area (Å²) in [6.45, 7) is 3.37. The lowest BCUT2D eigenvalue weighted by molar-refractivity contribution is -0.137. The number of anilines is 2. The first-order chi connectivity index (χ1) is 16.2. The van der Waals surface area contributed by atoms with E-state index in [4.69, 9.17) is 4.74 Å². The first-order valence-electron chi connectivity index (χ1n) is 10.4. The number of cyclic esters (lactones) is 1. The van der Waals surface area contributed by atoms with Gasteiger partial charge >= 0.3 is 12.3 Å². The third kappa shape index (κ3) is 4.86. The fraction of sp³-hybridized carbons (Fsp3) is 0.500. The van der Waals surface area contributed by atoms with Crippen LogP contribution >= 0.6 is 9.24 Å². The van der Waals surface area contributed by atoms with Crippen molar-refractivity contribution in [2.45, 2.75) is 43.5 Å². The number of carbonyl (C=O) groups excluding carboxylic acids is 1. The van der Waals surface area contributed by atoms with E-state index in [1.165, 1.54) is 9.24 Å². The highest BCUT2D eigenvalue weighted by Crippen LogP contribution is 2.53. The summed E-state index contributed by atoms with van der Waals surface area (Å²) in [5, 5.41) is 1.79. The summed E-state index contributed by atoms with van der Waals surface area (Å²) >= 11 is 0. The second-order valence-corrected chi connectivity index (χ2v) is 9.29. The molecule has 1 saturated heterocycles. The van der Waals surface area contributed by atoms with Crippen molar-refractivity contribution in [1.29, 1.82) is 0 Å². The molecular weight excluding hydrogens is 501 g/mol. The molecule has 2 aromatic heterocycles. The lowest BCUT2D eigenvalue weighted by Crippen LogP contribution is -2.49. The van der Waals surface area contributed by atoms with E-state index in [0.29, 0.717) is 25.7 Å². The Kier molecular flexibility index (Phi) is 6.33. The molecule has 0 spiro atoms. The van der Waals surface area contributed by atoms with Gasteiger partial charge in [0.1, 0.15) is 23.7 Å². The molecular formula is C20H21F6N6O2P.